The molecule has 0 fully saturated rings. The highest BCUT2D eigenvalue weighted by molar-refractivity contribution is 5.89. The Balaban J connectivity index is 1.58. The van der Waals surface area contributed by atoms with Gasteiger partial charge in [-0.25, -0.2) is 23.5 Å². The summed E-state index contributed by atoms with van der Waals surface area (Å²) in [6.45, 7) is 2.12. The first-order chi connectivity index (χ1) is 13.0. The quantitative estimate of drug-likeness (QED) is 0.746. The minimum Gasteiger partial charge on any atom is -0.352 e. The predicted molar refractivity (Wildman–Crippen MR) is 91.6 cm³/mol. The number of nitrogens with one attached hydrogen (secondary N) is 1. The third-order valence-electron chi connectivity index (χ3n) is 4.42. The number of nitrogens with zero attached hydrogens (tertiary/aromatic N) is 4. The second-order valence-electron chi connectivity index (χ2n) is 6.25. The summed E-state index contributed by atoms with van der Waals surface area (Å²) in [6.07, 6.45) is 3.68. The van der Waals surface area contributed by atoms with Crippen molar-refractivity contribution in [2.24, 2.45) is 0 Å². The van der Waals surface area contributed by atoms with Crippen LogP contribution in [0.1, 0.15) is 18.2 Å². The molecule has 1 N–H and O–H groups in total. The number of hydrogen-bond donors (Lipinski definition) is 1. The van der Waals surface area contributed by atoms with Crippen LogP contribution < -0.4 is 5.32 Å². The van der Waals surface area contributed by atoms with Crippen LogP contribution in [0.4, 0.5) is 19.3 Å². The molecule has 0 bridgehead atoms. The molecule has 3 heterocycles. The molecule has 1 aliphatic rings. The van der Waals surface area contributed by atoms with Gasteiger partial charge in [0.15, 0.2) is 17.5 Å². The first kappa shape index (κ1) is 17.1. The van der Waals surface area contributed by atoms with Crippen molar-refractivity contribution in [1.82, 2.24) is 20.0 Å². The van der Waals surface area contributed by atoms with Crippen LogP contribution in [-0.4, -0.2) is 32.1 Å². The third kappa shape index (κ3) is 3.23. The number of amides is 2. The molecule has 2 amide bonds. The SMILES string of the molecule is CC1Cc2noc(-c3ncccn3)c2CN1C(=O)Nc1ccc(F)c(F)c1. The van der Waals surface area contributed by atoms with Gasteiger partial charge in [-0.3, -0.25) is 0 Å². The lowest BCUT2D eigenvalue weighted by atomic mass is 10.00. The zero-order valence-corrected chi connectivity index (χ0v) is 14.3. The standard InChI is InChI=1S/C18H15F2N5O2/c1-10-7-15-12(16(27-24-15)17-21-5-2-6-22-17)9-25(10)18(26)23-11-3-4-13(19)14(20)8-11/h2-6,8,10H,7,9H2,1H3,(H,23,26). The minimum absolute atomic E-state index is 0.155. The van der Waals surface area contributed by atoms with E-state index in [4.69, 9.17) is 4.52 Å². The average Bonchev–Trinajstić information content (AvgIpc) is 3.07. The van der Waals surface area contributed by atoms with Gasteiger partial charge in [-0.1, -0.05) is 5.16 Å². The molecule has 0 radical (unpaired) electrons. The van der Waals surface area contributed by atoms with Crippen LogP contribution in [-0.2, 0) is 13.0 Å². The van der Waals surface area contributed by atoms with Crippen molar-refractivity contribution >= 4 is 11.7 Å². The van der Waals surface area contributed by atoms with Crippen LogP contribution >= 0.6 is 0 Å². The predicted octanol–water partition coefficient (Wildman–Crippen LogP) is 3.39. The van der Waals surface area contributed by atoms with E-state index >= 15 is 0 Å². The molecule has 3 aromatic rings. The van der Waals surface area contributed by atoms with Gasteiger partial charge in [0.2, 0.25) is 5.76 Å². The van der Waals surface area contributed by atoms with Gasteiger partial charge < -0.3 is 14.7 Å². The van der Waals surface area contributed by atoms with E-state index in [0.717, 1.165) is 23.4 Å². The third-order valence-corrected chi connectivity index (χ3v) is 4.42. The average molecular weight is 371 g/mol. The number of urea groups is 1. The molecule has 1 aromatic carbocycles. The van der Waals surface area contributed by atoms with Crippen molar-refractivity contribution in [3.63, 3.8) is 0 Å². The molecule has 7 nitrogen and oxygen atoms in total. The van der Waals surface area contributed by atoms with Crippen LogP contribution in [0, 0.1) is 11.6 Å². The van der Waals surface area contributed by atoms with Gasteiger partial charge in [0.1, 0.15) is 0 Å². The zero-order valence-electron chi connectivity index (χ0n) is 14.3. The van der Waals surface area contributed by atoms with E-state index in [1.807, 2.05) is 6.92 Å². The van der Waals surface area contributed by atoms with E-state index in [2.05, 4.69) is 20.4 Å². The lowest BCUT2D eigenvalue weighted by molar-refractivity contribution is 0.182. The summed E-state index contributed by atoms with van der Waals surface area (Å²) in [6, 6.07) is 4.32. The molecule has 4 rings (SSSR count). The Labute approximate surface area is 153 Å². The maximum atomic E-state index is 13.4. The Morgan fingerprint density at radius 2 is 2.04 bits per heavy atom. The topological polar surface area (TPSA) is 84.2 Å². The zero-order chi connectivity index (χ0) is 19.0. The van der Waals surface area contributed by atoms with Crippen LogP contribution in [0.5, 0.6) is 0 Å². The second-order valence-corrected chi connectivity index (χ2v) is 6.25. The summed E-state index contributed by atoms with van der Waals surface area (Å²) in [4.78, 5) is 22.6. The summed E-state index contributed by atoms with van der Waals surface area (Å²) in [5.41, 5.74) is 1.66. The van der Waals surface area contributed by atoms with Crippen molar-refractivity contribution in [3.05, 3.63) is 59.6 Å². The van der Waals surface area contributed by atoms with E-state index in [0.29, 0.717) is 18.0 Å². The Hall–Kier alpha value is -3.36. The van der Waals surface area contributed by atoms with Crippen LogP contribution in [0.15, 0.2) is 41.2 Å². The minimum atomic E-state index is -1.02. The molecule has 1 aliphatic heterocycles. The highest BCUT2D eigenvalue weighted by atomic mass is 19.2. The molecule has 27 heavy (non-hydrogen) atoms. The van der Waals surface area contributed by atoms with E-state index in [1.165, 1.54) is 6.07 Å². The number of halogens is 2. The van der Waals surface area contributed by atoms with E-state index in [-0.39, 0.29) is 18.3 Å². The molecular formula is C18H15F2N5O2. The first-order valence-corrected chi connectivity index (χ1v) is 8.30. The number of anilines is 1. The number of carbonyl (C=O) groups excluding carboxylic acids is 1. The fraction of sp³-hybridized carbons (Fsp3) is 0.222. The van der Waals surface area contributed by atoms with Crippen molar-refractivity contribution in [3.8, 4) is 11.6 Å². The Morgan fingerprint density at radius 3 is 2.78 bits per heavy atom. The van der Waals surface area contributed by atoms with E-state index in [9.17, 15) is 13.6 Å². The number of fused-ring (bicyclic) bond motifs is 1. The molecule has 0 saturated heterocycles. The molecule has 0 saturated carbocycles. The van der Waals surface area contributed by atoms with Crippen LogP contribution in [0.2, 0.25) is 0 Å². The summed E-state index contributed by atoms with van der Waals surface area (Å²) in [5.74, 6) is -1.19. The molecule has 9 heteroatoms. The molecular weight excluding hydrogens is 356 g/mol. The molecule has 138 valence electrons. The van der Waals surface area contributed by atoms with Gasteiger partial charge in [0, 0.05) is 42.2 Å². The maximum Gasteiger partial charge on any atom is 0.322 e. The van der Waals surface area contributed by atoms with E-state index in [1.54, 1.807) is 23.4 Å². The second kappa shape index (κ2) is 6.75. The van der Waals surface area contributed by atoms with Crippen molar-refractivity contribution in [1.29, 1.82) is 0 Å². The van der Waals surface area contributed by atoms with Crippen LogP contribution in [0.3, 0.4) is 0 Å². The number of carbonyl (C=O) groups is 1. The summed E-state index contributed by atoms with van der Waals surface area (Å²) in [5, 5.41) is 6.67. The number of rotatable bonds is 2. The number of benzene rings is 1. The van der Waals surface area contributed by atoms with Crippen LogP contribution in [0.25, 0.3) is 11.6 Å². The smallest absolute Gasteiger partial charge is 0.322 e. The molecule has 1 unspecified atom stereocenters. The lowest BCUT2D eigenvalue weighted by Crippen LogP contribution is -2.44. The van der Waals surface area contributed by atoms with Crippen molar-refractivity contribution in [2.45, 2.75) is 25.9 Å². The largest absolute Gasteiger partial charge is 0.352 e. The van der Waals surface area contributed by atoms with Crippen molar-refractivity contribution in [2.75, 3.05) is 5.32 Å². The van der Waals surface area contributed by atoms with Gasteiger partial charge >= 0.3 is 6.03 Å². The molecule has 1 atom stereocenters. The fourth-order valence-electron chi connectivity index (χ4n) is 3.01. The monoisotopic (exact) mass is 371 g/mol. The summed E-state index contributed by atoms with van der Waals surface area (Å²) < 4.78 is 31.8. The van der Waals surface area contributed by atoms with Gasteiger partial charge in [0.25, 0.3) is 0 Å². The first-order valence-electron chi connectivity index (χ1n) is 8.30. The van der Waals surface area contributed by atoms with Gasteiger partial charge in [0.05, 0.1) is 12.2 Å². The van der Waals surface area contributed by atoms with Gasteiger partial charge in [-0.2, -0.15) is 0 Å². The Bertz CT molecular complexity index is 993. The Morgan fingerprint density at radius 1 is 1.26 bits per heavy atom. The fourth-order valence-corrected chi connectivity index (χ4v) is 3.01. The summed E-state index contributed by atoms with van der Waals surface area (Å²) >= 11 is 0. The lowest BCUT2D eigenvalue weighted by Gasteiger charge is -2.32. The highest BCUT2D eigenvalue weighted by Gasteiger charge is 2.32. The summed E-state index contributed by atoms with van der Waals surface area (Å²) in [7, 11) is 0. The van der Waals surface area contributed by atoms with Crippen molar-refractivity contribution < 1.29 is 18.1 Å². The molecule has 0 aliphatic carbocycles. The van der Waals surface area contributed by atoms with E-state index < -0.39 is 17.7 Å². The normalized spacial score (nSPS) is 16.1. The maximum absolute atomic E-state index is 13.4. The molecule has 2 aromatic heterocycles. The Kier molecular flexibility index (Phi) is 4.27. The van der Waals surface area contributed by atoms with Gasteiger partial charge in [-0.15, -0.1) is 0 Å². The van der Waals surface area contributed by atoms with Gasteiger partial charge in [-0.05, 0) is 25.1 Å². The number of hydrogen-bond acceptors (Lipinski definition) is 5. The highest BCUT2D eigenvalue weighted by Crippen LogP contribution is 2.31. The molecule has 0 spiro atoms. The number of aromatic nitrogens is 3.